The maximum absolute atomic E-state index is 13.5. The first-order valence-electron chi connectivity index (χ1n) is 11.5. The van der Waals surface area contributed by atoms with Crippen LogP contribution >= 0.6 is 11.6 Å². The number of methoxy groups -OCH3 is 1. The van der Waals surface area contributed by atoms with Crippen LogP contribution in [-0.4, -0.2) is 41.1 Å². The molecule has 3 rings (SSSR count). The molecule has 0 fully saturated rings. The van der Waals surface area contributed by atoms with Crippen molar-refractivity contribution in [2.45, 2.75) is 31.6 Å². The summed E-state index contributed by atoms with van der Waals surface area (Å²) in [5.41, 5.74) is 2.25. The fourth-order valence-corrected chi connectivity index (χ4v) is 5.25. The quantitative estimate of drug-likeness (QED) is 0.346. The summed E-state index contributed by atoms with van der Waals surface area (Å²) in [6.45, 7) is 6.06. The number of nitrogens with one attached hydrogen (secondary N) is 1. The molecule has 7 nitrogen and oxygen atoms in total. The molecule has 3 aromatic carbocycles. The van der Waals surface area contributed by atoms with E-state index in [9.17, 15) is 13.2 Å². The molecule has 0 aromatic heterocycles. The van der Waals surface area contributed by atoms with Crippen molar-refractivity contribution in [2.24, 2.45) is 0 Å². The van der Waals surface area contributed by atoms with Gasteiger partial charge in [-0.25, -0.2) is 8.42 Å². The molecule has 0 atom stereocenters. The van der Waals surface area contributed by atoms with Crippen molar-refractivity contribution in [2.75, 3.05) is 31.1 Å². The number of amides is 1. The van der Waals surface area contributed by atoms with Crippen molar-refractivity contribution in [3.8, 4) is 11.5 Å². The Morgan fingerprint density at radius 2 is 1.72 bits per heavy atom. The van der Waals surface area contributed by atoms with E-state index >= 15 is 0 Å². The predicted molar refractivity (Wildman–Crippen MR) is 143 cm³/mol. The smallest absolute Gasteiger partial charge is 0.264 e. The van der Waals surface area contributed by atoms with Gasteiger partial charge in [0.05, 0.1) is 29.3 Å². The third-order valence-electron chi connectivity index (χ3n) is 5.54. The number of anilines is 1. The number of hydrogen-bond acceptors (Lipinski definition) is 5. The molecule has 3 aromatic rings. The maximum Gasteiger partial charge on any atom is 0.264 e. The molecule has 9 heteroatoms. The van der Waals surface area contributed by atoms with Crippen LogP contribution in [0.15, 0.2) is 71.6 Å². The first kappa shape index (κ1) is 27.4. The summed E-state index contributed by atoms with van der Waals surface area (Å²) in [5, 5.41) is 2.98. The summed E-state index contributed by atoms with van der Waals surface area (Å²) >= 11 is 6.26. The van der Waals surface area contributed by atoms with Gasteiger partial charge < -0.3 is 14.8 Å². The van der Waals surface area contributed by atoms with Crippen molar-refractivity contribution in [3.05, 3.63) is 82.9 Å². The molecule has 1 amide bonds. The van der Waals surface area contributed by atoms with Crippen molar-refractivity contribution < 1.29 is 22.7 Å². The number of benzene rings is 3. The van der Waals surface area contributed by atoms with E-state index in [1.54, 1.807) is 24.3 Å². The molecular weight excluding hydrogens is 500 g/mol. The molecule has 0 unspecified atom stereocenters. The third-order valence-corrected chi connectivity index (χ3v) is 7.63. The predicted octanol–water partition coefficient (Wildman–Crippen LogP) is 5.17. The SMILES string of the molecule is COc1ccc(N(CC(=O)NCCOc2ccccc2C(C)C)S(=O)(=O)c2ccc(C)cc2)cc1Cl. The van der Waals surface area contributed by atoms with Crippen LogP contribution in [0.3, 0.4) is 0 Å². The molecule has 0 radical (unpaired) electrons. The molecule has 0 saturated carbocycles. The number of ether oxygens (including phenoxy) is 2. The molecular formula is C27H31ClN2O5S. The lowest BCUT2D eigenvalue weighted by Crippen LogP contribution is -2.42. The van der Waals surface area contributed by atoms with Gasteiger partial charge in [0.2, 0.25) is 5.91 Å². The van der Waals surface area contributed by atoms with E-state index in [4.69, 9.17) is 21.1 Å². The van der Waals surface area contributed by atoms with Gasteiger partial charge in [-0.3, -0.25) is 9.10 Å². The van der Waals surface area contributed by atoms with Crippen LogP contribution in [-0.2, 0) is 14.8 Å². The van der Waals surface area contributed by atoms with Crippen molar-refractivity contribution in [1.29, 1.82) is 0 Å². The fourth-order valence-electron chi connectivity index (χ4n) is 3.59. The second kappa shape index (κ2) is 12.1. The Bertz CT molecular complexity index is 1290. The molecule has 0 heterocycles. The van der Waals surface area contributed by atoms with Gasteiger partial charge in [-0.1, -0.05) is 61.3 Å². The zero-order chi connectivity index (χ0) is 26.3. The van der Waals surface area contributed by atoms with Gasteiger partial charge in [-0.15, -0.1) is 0 Å². The summed E-state index contributed by atoms with van der Waals surface area (Å²) in [6.07, 6.45) is 0. The highest BCUT2D eigenvalue weighted by atomic mass is 35.5. The van der Waals surface area contributed by atoms with E-state index in [1.165, 1.54) is 25.3 Å². The number of rotatable bonds is 11. The minimum Gasteiger partial charge on any atom is -0.495 e. The second-order valence-corrected chi connectivity index (χ2v) is 10.8. The Morgan fingerprint density at radius 1 is 1.03 bits per heavy atom. The monoisotopic (exact) mass is 530 g/mol. The summed E-state index contributed by atoms with van der Waals surface area (Å²) in [7, 11) is -2.58. The van der Waals surface area contributed by atoms with Crippen LogP contribution < -0.4 is 19.1 Å². The topological polar surface area (TPSA) is 84.9 Å². The molecule has 0 aliphatic heterocycles. The lowest BCUT2D eigenvalue weighted by molar-refractivity contribution is -0.119. The zero-order valence-corrected chi connectivity index (χ0v) is 22.4. The first-order valence-corrected chi connectivity index (χ1v) is 13.4. The second-order valence-electron chi connectivity index (χ2n) is 8.53. The standard InChI is InChI=1S/C27H31ClN2O5S/c1-19(2)23-7-5-6-8-25(23)35-16-15-29-27(31)18-30(21-11-14-26(34-4)24(28)17-21)36(32,33)22-12-9-20(3)10-13-22/h5-14,17,19H,15-16,18H2,1-4H3,(H,29,31). The molecule has 0 spiro atoms. The van der Waals surface area contributed by atoms with Crippen LogP contribution in [0.2, 0.25) is 5.02 Å². The molecule has 1 N–H and O–H groups in total. The van der Waals surface area contributed by atoms with Gasteiger partial charge in [0.15, 0.2) is 0 Å². The highest BCUT2D eigenvalue weighted by molar-refractivity contribution is 7.92. The van der Waals surface area contributed by atoms with E-state index in [0.29, 0.717) is 11.7 Å². The van der Waals surface area contributed by atoms with E-state index in [-0.39, 0.29) is 28.8 Å². The van der Waals surface area contributed by atoms with Crippen LogP contribution in [0, 0.1) is 6.92 Å². The lowest BCUT2D eigenvalue weighted by atomic mass is 10.0. The highest BCUT2D eigenvalue weighted by Gasteiger charge is 2.27. The normalized spacial score (nSPS) is 11.3. The van der Waals surface area contributed by atoms with Gasteiger partial charge in [-0.05, 0) is 54.8 Å². The Labute approximate surface area is 218 Å². The number of sulfonamides is 1. The molecule has 36 heavy (non-hydrogen) atoms. The van der Waals surface area contributed by atoms with Gasteiger partial charge in [0, 0.05) is 0 Å². The van der Waals surface area contributed by atoms with Gasteiger partial charge in [-0.2, -0.15) is 0 Å². The third kappa shape index (κ3) is 6.71. The number of halogens is 1. The Balaban J connectivity index is 1.75. The molecule has 0 saturated heterocycles. The van der Waals surface area contributed by atoms with Crippen molar-refractivity contribution in [1.82, 2.24) is 5.32 Å². The van der Waals surface area contributed by atoms with Gasteiger partial charge in [0.1, 0.15) is 24.7 Å². The first-order chi connectivity index (χ1) is 17.1. The number of para-hydroxylation sites is 1. The van der Waals surface area contributed by atoms with E-state index in [2.05, 4.69) is 19.2 Å². The number of carbonyl (C=O) groups is 1. The van der Waals surface area contributed by atoms with Crippen molar-refractivity contribution in [3.63, 3.8) is 0 Å². The zero-order valence-electron chi connectivity index (χ0n) is 20.8. The Morgan fingerprint density at radius 3 is 2.36 bits per heavy atom. The minimum absolute atomic E-state index is 0.0708. The maximum atomic E-state index is 13.5. The van der Waals surface area contributed by atoms with Crippen LogP contribution in [0.5, 0.6) is 11.5 Å². The molecule has 0 bridgehead atoms. The summed E-state index contributed by atoms with van der Waals surface area (Å²) in [5.74, 6) is 0.987. The van der Waals surface area contributed by atoms with Crippen LogP contribution in [0.1, 0.15) is 30.9 Å². The van der Waals surface area contributed by atoms with E-state index in [0.717, 1.165) is 21.2 Å². The van der Waals surface area contributed by atoms with Gasteiger partial charge >= 0.3 is 0 Å². The molecule has 0 aliphatic rings. The molecule has 0 aliphatic carbocycles. The Hall–Kier alpha value is -3.23. The highest BCUT2D eigenvalue weighted by Crippen LogP contribution is 2.32. The number of aryl methyl sites for hydroxylation is 1. The van der Waals surface area contributed by atoms with Crippen LogP contribution in [0.4, 0.5) is 5.69 Å². The summed E-state index contributed by atoms with van der Waals surface area (Å²) < 4.78 is 39.1. The van der Waals surface area contributed by atoms with E-state index in [1.807, 2.05) is 31.2 Å². The lowest BCUT2D eigenvalue weighted by Gasteiger charge is -2.24. The van der Waals surface area contributed by atoms with Gasteiger partial charge in [0.25, 0.3) is 10.0 Å². The molecule has 192 valence electrons. The number of nitrogens with zero attached hydrogens (tertiary/aromatic N) is 1. The number of hydrogen-bond donors (Lipinski definition) is 1. The van der Waals surface area contributed by atoms with Crippen LogP contribution in [0.25, 0.3) is 0 Å². The average molecular weight is 531 g/mol. The van der Waals surface area contributed by atoms with E-state index < -0.39 is 22.5 Å². The number of carbonyl (C=O) groups excluding carboxylic acids is 1. The average Bonchev–Trinajstić information content (AvgIpc) is 2.85. The minimum atomic E-state index is -4.05. The Kier molecular flexibility index (Phi) is 9.23. The fraction of sp³-hybridized carbons (Fsp3) is 0.296. The summed E-state index contributed by atoms with van der Waals surface area (Å²) in [6, 6.07) is 18.8. The summed E-state index contributed by atoms with van der Waals surface area (Å²) in [4.78, 5) is 12.9. The largest absolute Gasteiger partial charge is 0.495 e. The van der Waals surface area contributed by atoms with Crippen molar-refractivity contribution >= 4 is 33.2 Å².